The number of nitrogens with zero attached hydrogens (tertiary/aromatic N) is 1. The molecule has 1 aliphatic rings. The lowest BCUT2D eigenvalue weighted by Gasteiger charge is -2.22. The van der Waals surface area contributed by atoms with E-state index < -0.39 is 0 Å². The summed E-state index contributed by atoms with van der Waals surface area (Å²) < 4.78 is 4.76. The number of nitrogens with two attached hydrogens (primary N) is 1. The molecule has 0 fully saturated rings. The molecule has 0 amide bonds. The number of methoxy groups -OCH3 is 1. The second kappa shape index (κ2) is 13.1. The molecule has 0 spiro atoms. The van der Waals surface area contributed by atoms with Crippen LogP contribution in [-0.4, -0.2) is 19.1 Å². The van der Waals surface area contributed by atoms with Crippen LogP contribution in [0, 0.1) is 17.2 Å². The van der Waals surface area contributed by atoms with Crippen LogP contribution in [0.15, 0.2) is 75.5 Å². The molecule has 156 valence electrons. The van der Waals surface area contributed by atoms with Crippen LogP contribution < -0.4 is 11.1 Å². The zero-order valence-electron chi connectivity index (χ0n) is 17.9. The molecule has 0 radical (unpaired) electrons. The minimum atomic E-state index is 0.358. The largest absolute Gasteiger partial charge is 0.502 e. The normalized spacial score (nSPS) is 15.1. The smallest absolute Gasteiger partial charge is 0.105 e. The van der Waals surface area contributed by atoms with Gasteiger partial charge in [-0.15, -0.1) is 30.1 Å². The van der Waals surface area contributed by atoms with Crippen molar-refractivity contribution in [1.29, 1.82) is 5.26 Å². The van der Waals surface area contributed by atoms with Crippen molar-refractivity contribution in [3.05, 3.63) is 70.6 Å². The van der Waals surface area contributed by atoms with Crippen LogP contribution in [-0.2, 0) is 4.74 Å². The first-order valence-corrected chi connectivity index (χ1v) is 11.6. The third kappa shape index (κ3) is 7.96. The Kier molecular flexibility index (Phi) is 11.2. The Bertz CT molecular complexity index is 835. The summed E-state index contributed by atoms with van der Waals surface area (Å²) in [5.74, 6) is 2.13. The molecular weight excluding hydrogens is 398 g/mol. The van der Waals surface area contributed by atoms with Crippen LogP contribution in [0.25, 0.3) is 0 Å². The molecule has 1 aromatic rings. The van der Waals surface area contributed by atoms with Crippen molar-refractivity contribution in [2.45, 2.75) is 32.1 Å². The lowest BCUT2D eigenvalue weighted by atomic mass is 9.98. The van der Waals surface area contributed by atoms with E-state index >= 15 is 0 Å². The van der Waals surface area contributed by atoms with E-state index in [0.717, 1.165) is 34.2 Å². The maximum atomic E-state index is 9.52. The Morgan fingerprint density at radius 2 is 2.24 bits per heavy atom. The number of allylic oxidation sites excluding steroid dienone is 4. The van der Waals surface area contributed by atoms with Crippen molar-refractivity contribution < 1.29 is 4.74 Å². The molecule has 0 saturated heterocycles. The van der Waals surface area contributed by atoms with Gasteiger partial charge in [0, 0.05) is 16.3 Å². The van der Waals surface area contributed by atoms with Crippen molar-refractivity contribution in [2.75, 3.05) is 24.4 Å². The van der Waals surface area contributed by atoms with Crippen LogP contribution in [0.3, 0.4) is 0 Å². The highest BCUT2D eigenvalue weighted by atomic mass is 32.2. The molecule has 0 aliphatic carbocycles. The minimum Gasteiger partial charge on any atom is -0.502 e. The molecule has 6 heteroatoms. The molecule has 0 saturated carbocycles. The molecule has 0 bridgehead atoms. The van der Waals surface area contributed by atoms with E-state index in [1.807, 2.05) is 44.4 Å². The summed E-state index contributed by atoms with van der Waals surface area (Å²) in [6.45, 7) is 9.78. The second-order valence-corrected chi connectivity index (χ2v) is 8.36. The van der Waals surface area contributed by atoms with Gasteiger partial charge in [-0.25, -0.2) is 0 Å². The van der Waals surface area contributed by atoms with Crippen LogP contribution in [0.5, 0.6) is 0 Å². The maximum Gasteiger partial charge on any atom is 0.105 e. The predicted molar refractivity (Wildman–Crippen MR) is 129 cm³/mol. The summed E-state index contributed by atoms with van der Waals surface area (Å²) in [5, 5.41) is 13.7. The molecule has 1 aromatic carbocycles. The quantitative estimate of drug-likeness (QED) is 0.302. The number of nitrogens with one attached hydrogen (secondary N) is 1. The predicted octanol–water partition coefficient (Wildman–Crippen LogP) is 6.28. The Morgan fingerprint density at radius 1 is 1.52 bits per heavy atom. The van der Waals surface area contributed by atoms with Crippen LogP contribution in [0.1, 0.15) is 27.2 Å². The summed E-state index contributed by atoms with van der Waals surface area (Å²) in [6.07, 6.45) is 6.73. The van der Waals surface area contributed by atoms with Gasteiger partial charge in [0.1, 0.15) is 11.6 Å². The standard InChI is InChI=1S/C18H21N3S2.C5H10O/c1-4-12(2)8-13-11-23-18(16(10-19)17(13)20)21-14-6-5-7-15(9-14)22-3;1-4-5(2)6-3/h4-7,9,12,21H,1,8,11,20H2,2-3H3;4H,1-3H3/b;5-4+. The number of nitriles is 1. The molecule has 3 N–H and O–H groups in total. The van der Waals surface area contributed by atoms with Gasteiger partial charge in [-0.3, -0.25) is 0 Å². The average molecular weight is 430 g/mol. The van der Waals surface area contributed by atoms with Gasteiger partial charge >= 0.3 is 0 Å². The minimum absolute atomic E-state index is 0.358. The van der Waals surface area contributed by atoms with Crippen LogP contribution in [0.4, 0.5) is 5.69 Å². The van der Waals surface area contributed by atoms with Crippen molar-refractivity contribution in [2.24, 2.45) is 11.7 Å². The zero-order chi connectivity index (χ0) is 21.8. The summed E-state index contributed by atoms with van der Waals surface area (Å²) in [4.78, 5) is 1.18. The number of rotatable bonds is 7. The SMILES string of the molecule is C/C=C(\C)OC.C=CC(C)CC1=C(N)C(C#N)=C(Nc2cccc(SC)c2)SC1. The zero-order valence-corrected chi connectivity index (χ0v) is 19.5. The van der Waals surface area contributed by atoms with E-state index in [4.69, 9.17) is 10.5 Å². The Hall–Kier alpha value is -2.23. The Morgan fingerprint density at radius 3 is 2.76 bits per heavy atom. The highest BCUT2D eigenvalue weighted by molar-refractivity contribution is 8.03. The highest BCUT2D eigenvalue weighted by Gasteiger charge is 2.21. The molecule has 1 heterocycles. The average Bonchev–Trinajstić information content (AvgIpc) is 2.75. The van der Waals surface area contributed by atoms with E-state index in [-0.39, 0.29) is 0 Å². The fourth-order valence-electron chi connectivity index (χ4n) is 2.41. The fraction of sp³-hybridized carbons (Fsp3) is 0.348. The first-order valence-electron chi connectivity index (χ1n) is 9.35. The topological polar surface area (TPSA) is 71.1 Å². The number of hydrogen-bond donors (Lipinski definition) is 2. The lowest BCUT2D eigenvalue weighted by Crippen LogP contribution is -2.17. The van der Waals surface area contributed by atoms with E-state index in [0.29, 0.717) is 17.2 Å². The van der Waals surface area contributed by atoms with Gasteiger partial charge < -0.3 is 15.8 Å². The monoisotopic (exact) mass is 429 g/mol. The van der Waals surface area contributed by atoms with Crippen molar-refractivity contribution in [3.63, 3.8) is 0 Å². The second-order valence-electron chi connectivity index (χ2n) is 6.50. The third-order valence-corrected chi connectivity index (χ3v) is 6.22. The molecule has 2 rings (SSSR count). The van der Waals surface area contributed by atoms with E-state index in [1.54, 1.807) is 30.6 Å². The van der Waals surface area contributed by atoms with Crippen LogP contribution in [0.2, 0.25) is 0 Å². The van der Waals surface area contributed by atoms with Gasteiger partial charge in [0.25, 0.3) is 0 Å². The summed E-state index contributed by atoms with van der Waals surface area (Å²) in [5.41, 5.74) is 9.50. The van der Waals surface area contributed by atoms with Crippen molar-refractivity contribution in [1.82, 2.24) is 0 Å². The summed E-state index contributed by atoms with van der Waals surface area (Å²) >= 11 is 3.33. The fourth-order valence-corrected chi connectivity index (χ4v) is 3.95. The third-order valence-electron chi connectivity index (χ3n) is 4.41. The molecule has 1 unspecified atom stereocenters. The highest BCUT2D eigenvalue weighted by Crippen LogP contribution is 2.35. The van der Waals surface area contributed by atoms with E-state index in [1.165, 1.54) is 4.90 Å². The summed E-state index contributed by atoms with van der Waals surface area (Å²) in [7, 11) is 1.66. The lowest BCUT2D eigenvalue weighted by molar-refractivity contribution is 0.293. The van der Waals surface area contributed by atoms with Gasteiger partial charge in [0.05, 0.1) is 23.6 Å². The summed E-state index contributed by atoms with van der Waals surface area (Å²) in [6, 6.07) is 10.4. The Balaban J connectivity index is 0.000000612. The molecule has 29 heavy (non-hydrogen) atoms. The molecular formula is C23H31N3OS2. The van der Waals surface area contributed by atoms with E-state index in [2.05, 4.69) is 37.0 Å². The molecule has 4 nitrogen and oxygen atoms in total. The van der Waals surface area contributed by atoms with Gasteiger partial charge in [-0.2, -0.15) is 5.26 Å². The molecule has 1 aliphatic heterocycles. The van der Waals surface area contributed by atoms with Crippen molar-refractivity contribution >= 4 is 29.2 Å². The van der Waals surface area contributed by atoms with Gasteiger partial charge in [0.15, 0.2) is 0 Å². The van der Waals surface area contributed by atoms with Crippen LogP contribution >= 0.6 is 23.5 Å². The number of anilines is 1. The number of ether oxygens (including phenoxy) is 1. The first kappa shape index (κ1) is 24.8. The Labute approximate surface area is 184 Å². The first-order chi connectivity index (χ1) is 13.9. The maximum absolute atomic E-state index is 9.52. The van der Waals surface area contributed by atoms with Gasteiger partial charge in [-0.1, -0.05) is 25.1 Å². The molecule has 0 aromatic heterocycles. The molecule has 1 atom stereocenters. The van der Waals surface area contributed by atoms with Crippen molar-refractivity contribution in [3.8, 4) is 6.07 Å². The van der Waals surface area contributed by atoms with Gasteiger partial charge in [0.2, 0.25) is 0 Å². The number of thioether (sulfide) groups is 2. The van der Waals surface area contributed by atoms with E-state index in [9.17, 15) is 5.26 Å². The van der Waals surface area contributed by atoms with Gasteiger partial charge in [-0.05, 0) is 56.2 Å². The number of hydrogen-bond acceptors (Lipinski definition) is 6. The number of benzene rings is 1.